The molecule has 1 atom stereocenters. The Bertz CT molecular complexity index is 802. The van der Waals surface area contributed by atoms with Crippen molar-refractivity contribution in [3.05, 3.63) is 64.7 Å². The molecular weight excluding hydrogens is 438 g/mol. The van der Waals surface area contributed by atoms with Gasteiger partial charge >= 0.3 is 11.9 Å². The normalized spacial score (nSPS) is 11.2. The smallest absolute Gasteiger partial charge is 0.414 e. The zero-order valence-corrected chi connectivity index (χ0v) is 18.8. The van der Waals surface area contributed by atoms with Crippen LogP contribution in [0.2, 0.25) is 5.02 Å². The van der Waals surface area contributed by atoms with Crippen LogP contribution in [-0.4, -0.2) is 66.8 Å². The number of carboxylic acids is 2. The van der Waals surface area contributed by atoms with Crippen LogP contribution in [-0.2, 0) is 20.7 Å². The molecule has 2 aromatic rings. The molecule has 0 saturated carbocycles. The molecule has 176 valence electrons. The van der Waals surface area contributed by atoms with Gasteiger partial charge < -0.3 is 30.1 Å². The second-order valence-corrected chi connectivity index (χ2v) is 7.12. The summed E-state index contributed by atoms with van der Waals surface area (Å²) >= 11 is 6.03. The van der Waals surface area contributed by atoms with E-state index in [1.807, 2.05) is 43.3 Å². The number of carboxylic acid groups (broad SMARTS) is 2. The molecule has 0 radical (unpaired) electrons. The van der Waals surface area contributed by atoms with Crippen molar-refractivity contribution in [2.24, 2.45) is 0 Å². The third-order valence-electron chi connectivity index (χ3n) is 4.33. The highest BCUT2D eigenvalue weighted by Crippen LogP contribution is 2.19. The van der Waals surface area contributed by atoms with Crippen LogP contribution in [0.1, 0.15) is 24.0 Å². The van der Waals surface area contributed by atoms with Crippen LogP contribution in [0.5, 0.6) is 5.75 Å². The Labute approximate surface area is 192 Å². The highest BCUT2D eigenvalue weighted by Gasteiger charge is 2.10. The van der Waals surface area contributed by atoms with Gasteiger partial charge in [0, 0.05) is 24.1 Å². The number of aliphatic carboxylic acids is 2. The first-order valence-corrected chi connectivity index (χ1v) is 10.6. The summed E-state index contributed by atoms with van der Waals surface area (Å²) in [5, 5.41) is 28.5. The summed E-state index contributed by atoms with van der Waals surface area (Å²) in [7, 11) is 0. The number of rotatable bonds is 12. The monoisotopic (exact) mass is 467 g/mol. The summed E-state index contributed by atoms with van der Waals surface area (Å²) in [4.78, 5) is 18.2. The zero-order chi connectivity index (χ0) is 23.8. The van der Waals surface area contributed by atoms with E-state index in [1.54, 1.807) is 0 Å². The van der Waals surface area contributed by atoms with Crippen molar-refractivity contribution < 1.29 is 34.4 Å². The van der Waals surface area contributed by atoms with E-state index >= 15 is 0 Å². The standard InChI is InChI=1S/C21H28ClNO3.C2H2O4/c1-2-25-12-13-26-21-8-6-17(7-9-21)10-11-23-15-19(16-24)18-4-3-5-20(22)14-18;3-1(4)2(5)6/h3-9,14,19,23-24H,2,10-13,15-16H2,1H3;(H,3,4)(H,5,6). The molecule has 0 aliphatic rings. The third kappa shape index (κ3) is 11.7. The molecule has 0 aliphatic carbocycles. The van der Waals surface area contributed by atoms with Crippen molar-refractivity contribution in [1.82, 2.24) is 5.32 Å². The Morgan fingerprint density at radius 1 is 1.06 bits per heavy atom. The number of hydrogen-bond acceptors (Lipinski definition) is 6. The lowest BCUT2D eigenvalue weighted by atomic mass is 10.00. The Morgan fingerprint density at radius 2 is 1.75 bits per heavy atom. The summed E-state index contributed by atoms with van der Waals surface area (Å²) in [6.07, 6.45) is 0.924. The average Bonchev–Trinajstić information content (AvgIpc) is 2.78. The molecule has 0 amide bonds. The molecule has 4 N–H and O–H groups in total. The van der Waals surface area contributed by atoms with E-state index in [-0.39, 0.29) is 12.5 Å². The number of nitrogens with one attached hydrogen (secondary N) is 1. The molecule has 2 rings (SSSR count). The Kier molecular flexibility index (Phi) is 13.7. The lowest BCUT2D eigenvalue weighted by Crippen LogP contribution is -2.25. The Morgan fingerprint density at radius 3 is 2.31 bits per heavy atom. The number of benzene rings is 2. The number of halogens is 1. The van der Waals surface area contributed by atoms with Crippen LogP contribution in [0.4, 0.5) is 0 Å². The molecule has 9 heteroatoms. The van der Waals surface area contributed by atoms with Crippen molar-refractivity contribution in [1.29, 1.82) is 0 Å². The van der Waals surface area contributed by atoms with Crippen LogP contribution >= 0.6 is 11.6 Å². The minimum atomic E-state index is -1.82. The van der Waals surface area contributed by atoms with Crippen LogP contribution in [0, 0.1) is 0 Å². The lowest BCUT2D eigenvalue weighted by Gasteiger charge is -2.16. The van der Waals surface area contributed by atoms with E-state index in [2.05, 4.69) is 17.4 Å². The number of hydrogen-bond donors (Lipinski definition) is 4. The van der Waals surface area contributed by atoms with Crippen molar-refractivity contribution >= 4 is 23.5 Å². The molecule has 32 heavy (non-hydrogen) atoms. The van der Waals surface area contributed by atoms with Crippen molar-refractivity contribution in [3.8, 4) is 5.75 Å². The van der Waals surface area contributed by atoms with Gasteiger partial charge in [-0.25, -0.2) is 9.59 Å². The molecule has 0 aliphatic heterocycles. The summed E-state index contributed by atoms with van der Waals surface area (Å²) in [6, 6.07) is 15.8. The summed E-state index contributed by atoms with van der Waals surface area (Å²) in [6.45, 7) is 5.53. The van der Waals surface area contributed by atoms with Crippen LogP contribution in [0.3, 0.4) is 0 Å². The second-order valence-electron chi connectivity index (χ2n) is 6.69. The Hall–Kier alpha value is -2.65. The fourth-order valence-electron chi connectivity index (χ4n) is 2.67. The lowest BCUT2D eigenvalue weighted by molar-refractivity contribution is -0.159. The largest absolute Gasteiger partial charge is 0.491 e. The summed E-state index contributed by atoms with van der Waals surface area (Å²) in [5.41, 5.74) is 2.30. The number of ether oxygens (including phenoxy) is 2. The highest BCUT2D eigenvalue weighted by molar-refractivity contribution is 6.30. The van der Waals surface area contributed by atoms with Gasteiger partial charge in [-0.2, -0.15) is 0 Å². The fraction of sp³-hybridized carbons (Fsp3) is 0.391. The molecule has 0 aromatic heterocycles. The molecule has 8 nitrogen and oxygen atoms in total. The van der Waals surface area contributed by atoms with Crippen molar-refractivity contribution in [2.75, 3.05) is 39.5 Å². The first kappa shape index (κ1) is 27.4. The topological polar surface area (TPSA) is 125 Å². The minimum absolute atomic E-state index is 0.0508. The van der Waals surface area contributed by atoms with Crippen molar-refractivity contribution in [3.63, 3.8) is 0 Å². The van der Waals surface area contributed by atoms with Gasteiger partial charge in [0.1, 0.15) is 12.4 Å². The first-order chi connectivity index (χ1) is 15.4. The highest BCUT2D eigenvalue weighted by atomic mass is 35.5. The maximum atomic E-state index is 9.62. The second kappa shape index (κ2) is 16.0. The van der Waals surface area contributed by atoms with E-state index in [9.17, 15) is 5.11 Å². The molecule has 1 unspecified atom stereocenters. The van der Waals surface area contributed by atoms with Crippen molar-refractivity contribution in [2.45, 2.75) is 19.3 Å². The van der Waals surface area contributed by atoms with Gasteiger partial charge in [0.25, 0.3) is 0 Å². The average molecular weight is 468 g/mol. The van der Waals surface area contributed by atoms with Gasteiger partial charge in [-0.1, -0.05) is 35.9 Å². The number of aliphatic hydroxyl groups is 1. The van der Waals surface area contributed by atoms with Crippen LogP contribution < -0.4 is 10.1 Å². The molecular formula is C23H30ClNO7. The predicted octanol–water partition coefficient (Wildman–Crippen LogP) is 2.82. The molecule has 0 spiro atoms. The van der Waals surface area contributed by atoms with Gasteiger partial charge in [0.05, 0.1) is 13.2 Å². The minimum Gasteiger partial charge on any atom is -0.491 e. The molecule has 0 bridgehead atoms. The zero-order valence-electron chi connectivity index (χ0n) is 18.0. The van der Waals surface area contributed by atoms with E-state index < -0.39 is 11.9 Å². The number of aliphatic hydroxyl groups excluding tert-OH is 1. The van der Waals surface area contributed by atoms with Gasteiger partial charge in [-0.3, -0.25) is 0 Å². The van der Waals surface area contributed by atoms with Gasteiger partial charge in [0.2, 0.25) is 0 Å². The predicted molar refractivity (Wildman–Crippen MR) is 122 cm³/mol. The maximum absolute atomic E-state index is 9.62. The quantitative estimate of drug-likeness (QED) is 0.277. The molecule has 0 fully saturated rings. The molecule has 0 heterocycles. The van der Waals surface area contributed by atoms with Gasteiger partial charge in [0.15, 0.2) is 0 Å². The number of carbonyl (C=O) groups is 2. The van der Waals surface area contributed by atoms with E-state index in [4.69, 9.17) is 40.9 Å². The summed E-state index contributed by atoms with van der Waals surface area (Å²) in [5.74, 6) is -2.73. The van der Waals surface area contributed by atoms with Crippen LogP contribution in [0.15, 0.2) is 48.5 Å². The fourth-order valence-corrected chi connectivity index (χ4v) is 2.87. The van der Waals surface area contributed by atoms with Crippen LogP contribution in [0.25, 0.3) is 0 Å². The SMILES string of the molecule is CCOCCOc1ccc(CCNCC(CO)c2cccc(Cl)c2)cc1.O=C(O)C(=O)O. The van der Waals surface area contributed by atoms with Gasteiger partial charge in [-0.15, -0.1) is 0 Å². The third-order valence-corrected chi connectivity index (χ3v) is 4.56. The summed E-state index contributed by atoms with van der Waals surface area (Å²) < 4.78 is 10.9. The van der Waals surface area contributed by atoms with E-state index in [0.717, 1.165) is 30.8 Å². The van der Waals surface area contributed by atoms with E-state index in [0.29, 0.717) is 24.8 Å². The van der Waals surface area contributed by atoms with E-state index in [1.165, 1.54) is 5.56 Å². The van der Waals surface area contributed by atoms with Gasteiger partial charge in [-0.05, 0) is 55.3 Å². The maximum Gasteiger partial charge on any atom is 0.414 e. The molecule has 0 saturated heterocycles. The Balaban J connectivity index is 0.000000751. The first-order valence-electron chi connectivity index (χ1n) is 10.2. The molecule has 2 aromatic carbocycles.